The lowest BCUT2D eigenvalue weighted by molar-refractivity contribution is 1.31. The number of pyridine rings is 1. The summed E-state index contributed by atoms with van der Waals surface area (Å²) in [6, 6.07) is 46.0. The molecule has 0 radical (unpaired) electrons. The molecule has 0 amide bonds. The Labute approximate surface area is 237 Å². The van der Waals surface area contributed by atoms with Crippen LogP contribution >= 0.6 is 0 Å². The van der Waals surface area contributed by atoms with Gasteiger partial charge in [-0.1, -0.05) is 102 Å². The summed E-state index contributed by atoms with van der Waals surface area (Å²) < 4.78 is 0. The third-order valence-electron chi connectivity index (χ3n) is 7.38. The standard InChI is InChI=1S/C39H33N/c1-26-10-8-14-31(16-26)33-18-28(3)20-36(22-33)38-24-35(30-12-6-5-7-13-30)25-39(40-38)37-21-29(4)19-34(23-37)32-15-9-11-27(2)17-32/h5-25H,1-4H3. The Kier molecular flexibility index (Phi) is 6.88. The highest BCUT2D eigenvalue weighted by Gasteiger charge is 2.12. The van der Waals surface area contributed by atoms with Crippen molar-refractivity contribution in [1.82, 2.24) is 4.98 Å². The van der Waals surface area contributed by atoms with Crippen molar-refractivity contribution in [3.8, 4) is 55.9 Å². The van der Waals surface area contributed by atoms with E-state index in [0.717, 1.165) is 28.1 Å². The van der Waals surface area contributed by atoms with E-state index in [2.05, 4.69) is 155 Å². The van der Waals surface area contributed by atoms with Gasteiger partial charge in [0.15, 0.2) is 0 Å². The van der Waals surface area contributed by atoms with Gasteiger partial charge in [0.25, 0.3) is 0 Å². The molecule has 6 rings (SSSR count). The number of benzene rings is 5. The molecule has 0 aliphatic heterocycles. The minimum absolute atomic E-state index is 0.979. The fraction of sp³-hybridized carbons (Fsp3) is 0.103. The van der Waals surface area contributed by atoms with E-state index in [4.69, 9.17) is 4.98 Å². The Bertz CT molecular complexity index is 1720. The van der Waals surface area contributed by atoms with Gasteiger partial charge in [0, 0.05) is 11.1 Å². The maximum Gasteiger partial charge on any atom is 0.0716 e. The van der Waals surface area contributed by atoms with Gasteiger partial charge in [-0.2, -0.15) is 0 Å². The second-order valence-electron chi connectivity index (χ2n) is 10.9. The molecular weight excluding hydrogens is 482 g/mol. The van der Waals surface area contributed by atoms with Crippen LogP contribution in [0.1, 0.15) is 22.3 Å². The van der Waals surface area contributed by atoms with Crippen molar-refractivity contribution in [3.63, 3.8) is 0 Å². The fourth-order valence-corrected chi connectivity index (χ4v) is 5.47. The van der Waals surface area contributed by atoms with Gasteiger partial charge in [-0.15, -0.1) is 0 Å². The monoisotopic (exact) mass is 515 g/mol. The quantitative estimate of drug-likeness (QED) is 0.222. The van der Waals surface area contributed by atoms with Crippen LogP contribution in [-0.2, 0) is 0 Å². The second kappa shape index (κ2) is 10.8. The van der Waals surface area contributed by atoms with Crippen LogP contribution in [0.15, 0.2) is 127 Å². The topological polar surface area (TPSA) is 12.9 Å². The van der Waals surface area contributed by atoms with Crippen LogP contribution in [0.2, 0.25) is 0 Å². The molecule has 0 bridgehead atoms. The molecule has 0 unspecified atom stereocenters. The molecule has 1 heteroatoms. The first-order chi connectivity index (χ1) is 19.4. The van der Waals surface area contributed by atoms with Crippen LogP contribution in [-0.4, -0.2) is 4.98 Å². The summed E-state index contributed by atoms with van der Waals surface area (Å²) in [7, 11) is 0. The highest BCUT2D eigenvalue weighted by atomic mass is 14.7. The third kappa shape index (κ3) is 5.51. The number of rotatable bonds is 5. The molecule has 0 saturated heterocycles. The van der Waals surface area contributed by atoms with Gasteiger partial charge in [-0.25, -0.2) is 4.98 Å². The van der Waals surface area contributed by atoms with E-state index >= 15 is 0 Å². The first-order valence-corrected chi connectivity index (χ1v) is 13.9. The van der Waals surface area contributed by atoms with Gasteiger partial charge in [0.1, 0.15) is 0 Å². The van der Waals surface area contributed by atoms with Gasteiger partial charge >= 0.3 is 0 Å². The van der Waals surface area contributed by atoms with Crippen LogP contribution in [0.5, 0.6) is 0 Å². The van der Waals surface area contributed by atoms with Gasteiger partial charge in [-0.3, -0.25) is 0 Å². The first-order valence-electron chi connectivity index (χ1n) is 13.9. The molecule has 6 aromatic rings. The lowest BCUT2D eigenvalue weighted by Crippen LogP contribution is -1.94. The number of hydrogen-bond donors (Lipinski definition) is 0. The summed E-state index contributed by atoms with van der Waals surface area (Å²) in [6.45, 7) is 8.62. The van der Waals surface area contributed by atoms with E-state index in [-0.39, 0.29) is 0 Å². The Morgan fingerprint density at radius 1 is 0.300 bits per heavy atom. The molecule has 0 spiro atoms. The Morgan fingerprint density at radius 2 is 0.700 bits per heavy atom. The first kappa shape index (κ1) is 25.5. The van der Waals surface area contributed by atoms with Crippen LogP contribution < -0.4 is 0 Å². The average Bonchev–Trinajstić information content (AvgIpc) is 2.97. The molecule has 1 nitrogen and oxygen atoms in total. The molecule has 1 heterocycles. The normalized spacial score (nSPS) is 11.0. The fourth-order valence-electron chi connectivity index (χ4n) is 5.47. The number of aromatic nitrogens is 1. The van der Waals surface area contributed by atoms with Crippen molar-refractivity contribution in [2.75, 3.05) is 0 Å². The van der Waals surface area contributed by atoms with Gasteiger partial charge in [0.05, 0.1) is 11.4 Å². The third-order valence-corrected chi connectivity index (χ3v) is 7.38. The molecular formula is C39H33N. The van der Waals surface area contributed by atoms with E-state index in [9.17, 15) is 0 Å². The van der Waals surface area contributed by atoms with Crippen molar-refractivity contribution in [2.45, 2.75) is 27.7 Å². The summed E-state index contributed by atoms with van der Waals surface area (Å²) in [5.41, 5.74) is 16.4. The molecule has 0 atom stereocenters. The summed E-state index contributed by atoms with van der Waals surface area (Å²) in [5, 5.41) is 0. The van der Waals surface area contributed by atoms with Crippen molar-refractivity contribution in [2.24, 2.45) is 0 Å². The van der Waals surface area contributed by atoms with Crippen molar-refractivity contribution >= 4 is 0 Å². The smallest absolute Gasteiger partial charge is 0.0716 e. The second-order valence-corrected chi connectivity index (χ2v) is 10.9. The van der Waals surface area contributed by atoms with Crippen molar-refractivity contribution < 1.29 is 0 Å². The van der Waals surface area contributed by atoms with Crippen molar-refractivity contribution in [1.29, 1.82) is 0 Å². The Morgan fingerprint density at radius 3 is 1.18 bits per heavy atom. The van der Waals surface area contributed by atoms with Crippen LogP contribution in [0.25, 0.3) is 55.9 Å². The number of aryl methyl sites for hydroxylation is 4. The van der Waals surface area contributed by atoms with Crippen LogP contribution in [0.4, 0.5) is 0 Å². The number of nitrogens with zero attached hydrogens (tertiary/aromatic N) is 1. The van der Waals surface area contributed by atoms with Crippen LogP contribution in [0.3, 0.4) is 0 Å². The van der Waals surface area contributed by atoms with E-state index in [1.54, 1.807) is 0 Å². The van der Waals surface area contributed by atoms with Crippen molar-refractivity contribution in [3.05, 3.63) is 150 Å². The van der Waals surface area contributed by atoms with E-state index < -0.39 is 0 Å². The predicted octanol–water partition coefficient (Wildman–Crippen LogP) is 10.7. The van der Waals surface area contributed by atoms with Gasteiger partial charge in [-0.05, 0) is 109 Å². The summed E-state index contributed by atoms with van der Waals surface area (Å²) in [4.78, 5) is 5.29. The summed E-state index contributed by atoms with van der Waals surface area (Å²) in [6.07, 6.45) is 0. The zero-order chi connectivity index (χ0) is 27.6. The maximum absolute atomic E-state index is 5.29. The lowest BCUT2D eigenvalue weighted by atomic mass is 9.94. The summed E-state index contributed by atoms with van der Waals surface area (Å²) in [5.74, 6) is 0. The minimum Gasteiger partial charge on any atom is -0.248 e. The molecule has 0 fully saturated rings. The maximum atomic E-state index is 5.29. The summed E-state index contributed by atoms with van der Waals surface area (Å²) >= 11 is 0. The lowest BCUT2D eigenvalue weighted by Gasteiger charge is -2.14. The van der Waals surface area contributed by atoms with E-state index in [1.807, 2.05) is 0 Å². The molecule has 194 valence electrons. The Balaban J connectivity index is 1.53. The van der Waals surface area contributed by atoms with E-state index in [0.29, 0.717) is 0 Å². The van der Waals surface area contributed by atoms with Gasteiger partial charge in [0.2, 0.25) is 0 Å². The zero-order valence-electron chi connectivity index (χ0n) is 23.6. The number of hydrogen-bond acceptors (Lipinski definition) is 1. The zero-order valence-corrected chi connectivity index (χ0v) is 23.6. The molecule has 1 aromatic heterocycles. The molecule has 0 aliphatic rings. The van der Waals surface area contributed by atoms with Crippen LogP contribution in [0, 0.1) is 27.7 Å². The highest BCUT2D eigenvalue weighted by molar-refractivity contribution is 5.81. The van der Waals surface area contributed by atoms with E-state index in [1.165, 1.54) is 50.1 Å². The molecule has 40 heavy (non-hydrogen) atoms. The molecule has 0 aliphatic carbocycles. The largest absolute Gasteiger partial charge is 0.248 e. The molecule has 0 N–H and O–H groups in total. The SMILES string of the molecule is Cc1cccc(-c2cc(C)cc(-c3cc(-c4ccccc4)cc(-c4cc(C)cc(-c5cccc(C)c5)c4)n3)c2)c1. The average molecular weight is 516 g/mol. The minimum atomic E-state index is 0.979. The predicted molar refractivity (Wildman–Crippen MR) is 170 cm³/mol. The molecule has 0 saturated carbocycles. The van der Waals surface area contributed by atoms with Gasteiger partial charge < -0.3 is 0 Å². The Hall–Kier alpha value is -4.75. The molecule has 5 aromatic carbocycles. The highest BCUT2D eigenvalue weighted by Crippen LogP contribution is 2.35.